The van der Waals surface area contributed by atoms with Gasteiger partial charge in [-0.1, -0.05) is 84.9 Å². The van der Waals surface area contributed by atoms with Crippen LogP contribution < -0.4 is 4.90 Å². The van der Waals surface area contributed by atoms with Gasteiger partial charge >= 0.3 is 11.4 Å². The molecule has 3 atom stereocenters. The summed E-state index contributed by atoms with van der Waals surface area (Å²) in [5.41, 5.74) is 4.04. The number of anilines is 1. The van der Waals surface area contributed by atoms with E-state index in [1.807, 2.05) is 6.92 Å². The van der Waals surface area contributed by atoms with Crippen molar-refractivity contribution in [3.8, 4) is 0 Å². The molecule has 5 aromatic carbocycles. The van der Waals surface area contributed by atoms with E-state index in [1.165, 1.54) is 49.1 Å². The van der Waals surface area contributed by atoms with Crippen LogP contribution in [0.3, 0.4) is 0 Å². The van der Waals surface area contributed by atoms with Crippen molar-refractivity contribution < 1.29 is 12.9 Å². The fraction of sp³-hybridized carbons (Fsp3) is 0.250. The minimum Gasteiger partial charge on any atom is -0.364 e. The largest absolute Gasteiger partial charge is 0.364 e. The van der Waals surface area contributed by atoms with Crippen molar-refractivity contribution in [2.75, 3.05) is 11.4 Å². The van der Waals surface area contributed by atoms with Crippen LogP contribution in [0, 0.1) is 0 Å². The highest BCUT2D eigenvalue weighted by Gasteiger charge is 2.29. The Kier molecular flexibility index (Phi) is 6.68. The Hall–Kier alpha value is -3.25. The predicted molar refractivity (Wildman–Crippen MR) is 154 cm³/mol. The first-order valence-corrected chi connectivity index (χ1v) is 14.1. The van der Waals surface area contributed by atoms with Crippen molar-refractivity contribution in [3.05, 3.63) is 102 Å². The Labute approximate surface area is 220 Å². The Morgan fingerprint density at radius 2 is 1.57 bits per heavy atom. The molecule has 1 N–H and O–H groups in total. The molecule has 0 amide bonds. The predicted octanol–water partition coefficient (Wildman–Crippen LogP) is 7.96. The van der Waals surface area contributed by atoms with Gasteiger partial charge in [-0.05, 0) is 76.7 Å². The third kappa shape index (κ3) is 4.63. The van der Waals surface area contributed by atoms with Gasteiger partial charge in [-0.25, -0.2) is 0 Å². The normalized spacial score (nSPS) is 17.1. The molecule has 0 spiro atoms. The zero-order valence-electron chi connectivity index (χ0n) is 21.0. The molecule has 188 valence electrons. The Balaban J connectivity index is 1.47. The topological polar surface area (TPSA) is 49.8 Å². The van der Waals surface area contributed by atoms with Crippen molar-refractivity contribution in [1.29, 1.82) is 0 Å². The van der Waals surface area contributed by atoms with Gasteiger partial charge in [-0.2, -0.15) is 4.21 Å². The van der Waals surface area contributed by atoms with Gasteiger partial charge < -0.3 is 4.90 Å². The third-order valence-electron chi connectivity index (χ3n) is 7.81. The SMILES string of the molecule is CC(CCN(c1cccc2ccccc12)C1CCCc2c1ccc1c2ccc2ccccc21)OS(=O)O. The van der Waals surface area contributed by atoms with E-state index in [4.69, 9.17) is 4.18 Å². The summed E-state index contributed by atoms with van der Waals surface area (Å²) in [4.78, 5) is 2.51. The number of rotatable bonds is 7. The maximum absolute atomic E-state index is 11.3. The number of hydrogen-bond donors (Lipinski definition) is 1. The number of benzene rings is 5. The van der Waals surface area contributed by atoms with Crippen molar-refractivity contribution in [2.45, 2.75) is 44.8 Å². The van der Waals surface area contributed by atoms with Gasteiger partial charge in [-0.3, -0.25) is 8.74 Å². The second-order valence-corrected chi connectivity index (χ2v) is 10.7. The average Bonchev–Trinajstić information content (AvgIpc) is 2.92. The highest BCUT2D eigenvalue weighted by molar-refractivity contribution is 7.74. The fourth-order valence-corrected chi connectivity index (χ4v) is 6.50. The molecule has 0 radical (unpaired) electrons. The lowest BCUT2D eigenvalue weighted by Gasteiger charge is -2.39. The summed E-state index contributed by atoms with van der Waals surface area (Å²) in [7, 11) is 0. The van der Waals surface area contributed by atoms with Crippen LogP contribution in [0.25, 0.3) is 32.3 Å². The molecule has 0 saturated carbocycles. The zero-order valence-corrected chi connectivity index (χ0v) is 21.8. The molecular weight excluding hydrogens is 478 g/mol. The highest BCUT2D eigenvalue weighted by Crippen LogP contribution is 2.43. The molecule has 5 aromatic rings. The average molecular weight is 510 g/mol. The molecule has 0 bridgehead atoms. The monoisotopic (exact) mass is 509 g/mol. The molecule has 6 rings (SSSR count). The summed E-state index contributed by atoms with van der Waals surface area (Å²) < 4.78 is 25.7. The molecule has 0 aliphatic heterocycles. The zero-order chi connectivity index (χ0) is 25.4. The van der Waals surface area contributed by atoms with Gasteiger partial charge in [0.15, 0.2) is 0 Å². The summed E-state index contributed by atoms with van der Waals surface area (Å²) in [6.07, 6.45) is 3.59. The molecule has 5 heteroatoms. The lowest BCUT2D eigenvalue weighted by atomic mass is 9.82. The summed E-state index contributed by atoms with van der Waals surface area (Å²) >= 11 is -2.26. The first-order chi connectivity index (χ1) is 18.1. The van der Waals surface area contributed by atoms with Crippen molar-refractivity contribution in [2.24, 2.45) is 0 Å². The number of nitrogens with zero attached hydrogens (tertiary/aromatic N) is 1. The number of fused-ring (bicyclic) bond motifs is 6. The van der Waals surface area contributed by atoms with Gasteiger partial charge in [0.25, 0.3) is 0 Å². The number of aryl methyl sites for hydroxylation is 1. The summed E-state index contributed by atoms with van der Waals surface area (Å²) in [5.74, 6) is 0. The minimum absolute atomic E-state index is 0.220. The molecule has 3 unspecified atom stereocenters. The van der Waals surface area contributed by atoms with Gasteiger partial charge in [0.1, 0.15) is 0 Å². The van der Waals surface area contributed by atoms with Crippen molar-refractivity contribution >= 4 is 49.4 Å². The van der Waals surface area contributed by atoms with E-state index < -0.39 is 11.4 Å². The van der Waals surface area contributed by atoms with Crippen molar-refractivity contribution in [1.82, 2.24) is 0 Å². The standard InChI is InChI=1S/C32H31NO3S/c1-22(36-37(34)35)20-21-33(31-14-6-10-23-8-3-5-12-26(23)31)32-15-7-13-27-29-17-16-24-9-2-4-11-25(24)28(29)18-19-30(27)32/h2-6,8-12,14,16-19,22,32H,7,13,15,20-21H2,1H3,(H,34,35). The molecule has 0 heterocycles. The quantitative estimate of drug-likeness (QED) is 0.179. The maximum atomic E-state index is 11.3. The fourth-order valence-electron chi connectivity index (χ4n) is 6.12. The number of hydrogen-bond acceptors (Lipinski definition) is 3. The second kappa shape index (κ2) is 10.3. The van der Waals surface area contributed by atoms with Crippen molar-refractivity contribution in [3.63, 3.8) is 0 Å². The van der Waals surface area contributed by atoms with E-state index in [9.17, 15) is 8.76 Å². The van der Waals surface area contributed by atoms with Crippen LogP contribution in [0.1, 0.15) is 43.4 Å². The molecule has 1 aliphatic carbocycles. The summed E-state index contributed by atoms with van der Waals surface area (Å²) in [5, 5.41) is 7.69. The molecule has 0 aromatic heterocycles. The molecule has 1 aliphatic rings. The lowest BCUT2D eigenvalue weighted by molar-refractivity contribution is 0.212. The van der Waals surface area contributed by atoms with Crippen LogP contribution in [-0.2, 0) is 22.0 Å². The van der Waals surface area contributed by atoms with Gasteiger partial charge in [0.2, 0.25) is 0 Å². The third-order valence-corrected chi connectivity index (χ3v) is 8.31. The van der Waals surface area contributed by atoms with E-state index in [-0.39, 0.29) is 12.1 Å². The van der Waals surface area contributed by atoms with Gasteiger partial charge in [-0.15, -0.1) is 0 Å². The summed E-state index contributed by atoms with van der Waals surface area (Å²) in [6, 6.07) is 33.1. The van der Waals surface area contributed by atoms with E-state index in [1.54, 1.807) is 0 Å². The van der Waals surface area contributed by atoms with Crippen LogP contribution >= 0.6 is 0 Å². The van der Waals surface area contributed by atoms with Crippen LogP contribution in [0.5, 0.6) is 0 Å². The van der Waals surface area contributed by atoms with Gasteiger partial charge in [0, 0.05) is 17.6 Å². The minimum atomic E-state index is -2.26. The molecule has 0 saturated heterocycles. The first-order valence-electron chi connectivity index (χ1n) is 13.1. The van der Waals surface area contributed by atoms with Gasteiger partial charge in [0.05, 0.1) is 12.1 Å². The molecule has 4 nitrogen and oxygen atoms in total. The van der Waals surface area contributed by atoms with E-state index in [0.29, 0.717) is 6.42 Å². The lowest BCUT2D eigenvalue weighted by Crippen LogP contribution is -2.34. The highest BCUT2D eigenvalue weighted by atomic mass is 32.2. The maximum Gasteiger partial charge on any atom is 0.302 e. The second-order valence-electron chi connectivity index (χ2n) is 10.0. The Morgan fingerprint density at radius 1 is 0.865 bits per heavy atom. The van der Waals surface area contributed by atoms with Crippen LogP contribution in [0.15, 0.2) is 91.0 Å². The van der Waals surface area contributed by atoms with E-state index in [0.717, 1.165) is 25.8 Å². The Bertz CT molecular complexity index is 1610. The van der Waals surface area contributed by atoms with Crippen LogP contribution in [-0.4, -0.2) is 21.4 Å². The Morgan fingerprint density at radius 3 is 2.38 bits per heavy atom. The smallest absolute Gasteiger partial charge is 0.302 e. The van der Waals surface area contributed by atoms with E-state index in [2.05, 4.69) is 95.9 Å². The molecular formula is C32H31NO3S. The molecule has 37 heavy (non-hydrogen) atoms. The van der Waals surface area contributed by atoms with Crippen LogP contribution in [0.2, 0.25) is 0 Å². The summed E-state index contributed by atoms with van der Waals surface area (Å²) in [6.45, 7) is 2.59. The first kappa shape index (κ1) is 24.1. The molecule has 0 fully saturated rings. The van der Waals surface area contributed by atoms with E-state index >= 15 is 0 Å². The van der Waals surface area contributed by atoms with Crippen LogP contribution in [0.4, 0.5) is 5.69 Å².